The van der Waals surface area contributed by atoms with Crippen molar-refractivity contribution in [2.75, 3.05) is 6.54 Å². The third-order valence-electron chi connectivity index (χ3n) is 6.08. The summed E-state index contributed by atoms with van der Waals surface area (Å²) >= 11 is 1.73. The molecule has 4 aromatic rings. The van der Waals surface area contributed by atoms with Gasteiger partial charge in [-0.2, -0.15) is 0 Å². The zero-order valence-electron chi connectivity index (χ0n) is 17.7. The number of carboxylic acid groups (broad SMARTS) is 1. The molecule has 0 saturated carbocycles. The number of nitrogens with zero attached hydrogens (tertiary/aromatic N) is 1. The molecule has 1 aliphatic rings. The first-order valence-corrected chi connectivity index (χ1v) is 11.7. The minimum absolute atomic E-state index is 0.164. The van der Waals surface area contributed by atoms with Crippen molar-refractivity contribution in [1.29, 1.82) is 0 Å². The van der Waals surface area contributed by atoms with Gasteiger partial charge in [-0.05, 0) is 42.0 Å². The van der Waals surface area contributed by atoms with Gasteiger partial charge in [-0.3, -0.25) is 9.69 Å². The SMILES string of the molecule is O=C(O)C1CCCN1C(c1cc2ccccc2s1)c1ccccc1OCc1ccccc1. The average Bonchev–Trinajstić information content (AvgIpc) is 3.47. The zero-order chi connectivity index (χ0) is 21.9. The van der Waals surface area contributed by atoms with Crippen molar-refractivity contribution in [3.63, 3.8) is 0 Å². The fraction of sp³-hybridized carbons (Fsp3) is 0.222. The van der Waals surface area contributed by atoms with E-state index in [-0.39, 0.29) is 6.04 Å². The first-order chi connectivity index (χ1) is 15.7. The Hall–Kier alpha value is -3.15. The van der Waals surface area contributed by atoms with Crippen LogP contribution >= 0.6 is 11.3 Å². The monoisotopic (exact) mass is 443 g/mol. The van der Waals surface area contributed by atoms with Gasteiger partial charge in [0.15, 0.2) is 0 Å². The molecule has 5 rings (SSSR count). The van der Waals surface area contributed by atoms with Crippen LogP contribution in [-0.2, 0) is 11.4 Å². The van der Waals surface area contributed by atoms with Crippen molar-refractivity contribution >= 4 is 27.4 Å². The van der Waals surface area contributed by atoms with E-state index in [0.717, 1.165) is 34.7 Å². The van der Waals surface area contributed by atoms with E-state index in [0.29, 0.717) is 13.0 Å². The number of likely N-dealkylation sites (tertiary alicyclic amines) is 1. The number of hydrogen-bond donors (Lipinski definition) is 1. The van der Waals surface area contributed by atoms with E-state index in [1.165, 1.54) is 10.1 Å². The first-order valence-electron chi connectivity index (χ1n) is 10.9. The molecule has 0 bridgehead atoms. The molecule has 0 amide bonds. The number of fused-ring (bicyclic) bond motifs is 1. The van der Waals surface area contributed by atoms with Crippen LogP contribution in [0.5, 0.6) is 5.75 Å². The third-order valence-corrected chi connectivity index (χ3v) is 7.24. The van der Waals surface area contributed by atoms with E-state index >= 15 is 0 Å². The fourth-order valence-electron chi connectivity index (χ4n) is 4.57. The highest BCUT2D eigenvalue weighted by atomic mass is 32.1. The Labute approximate surface area is 191 Å². The van der Waals surface area contributed by atoms with Gasteiger partial charge in [-0.1, -0.05) is 66.7 Å². The van der Waals surface area contributed by atoms with Crippen molar-refractivity contribution < 1.29 is 14.6 Å². The van der Waals surface area contributed by atoms with Gasteiger partial charge in [0, 0.05) is 21.7 Å². The second kappa shape index (κ2) is 9.15. The second-order valence-electron chi connectivity index (χ2n) is 8.14. The number of ether oxygens (including phenoxy) is 1. The fourth-order valence-corrected chi connectivity index (χ4v) is 5.77. The Morgan fingerprint density at radius 3 is 2.59 bits per heavy atom. The van der Waals surface area contributed by atoms with Crippen LogP contribution < -0.4 is 4.74 Å². The summed E-state index contributed by atoms with van der Waals surface area (Å²) in [5, 5.41) is 11.1. The molecule has 2 atom stereocenters. The van der Waals surface area contributed by atoms with E-state index in [9.17, 15) is 9.90 Å². The van der Waals surface area contributed by atoms with Crippen molar-refractivity contribution in [2.24, 2.45) is 0 Å². The minimum atomic E-state index is -0.753. The Morgan fingerprint density at radius 2 is 1.78 bits per heavy atom. The summed E-state index contributed by atoms with van der Waals surface area (Å²) in [4.78, 5) is 15.4. The standard InChI is InChI=1S/C27H25NO3S/c29-27(30)22-13-8-16-28(22)26(25-17-20-11-4-7-15-24(20)32-25)21-12-5-6-14-23(21)31-18-19-9-2-1-3-10-19/h1-7,9-12,14-15,17,22,26H,8,13,16,18H2,(H,29,30). The molecule has 4 nitrogen and oxygen atoms in total. The number of para-hydroxylation sites is 1. The smallest absolute Gasteiger partial charge is 0.320 e. The van der Waals surface area contributed by atoms with Crippen molar-refractivity contribution in [1.82, 2.24) is 4.90 Å². The Balaban J connectivity index is 1.57. The van der Waals surface area contributed by atoms with Gasteiger partial charge in [-0.15, -0.1) is 11.3 Å². The van der Waals surface area contributed by atoms with E-state index in [4.69, 9.17) is 4.74 Å². The highest BCUT2D eigenvalue weighted by Crippen LogP contribution is 2.43. The van der Waals surface area contributed by atoms with Gasteiger partial charge in [0.1, 0.15) is 18.4 Å². The van der Waals surface area contributed by atoms with Crippen LogP contribution in [0.4, 0.5) is 0 Å². The van der Waals surface area contributed by atoms with Crippen molar-refractivity contribution in [3.05, 3.63) is 101 Å². The largest absolute Gasteiger partial charge is 0.489 e. The number of carboxylic acids is 1. The first kappa shape index (κ1) is 20.7. The maximum absolute atomic E-state index is 12.1. The Bertz CT molecular complexity index is 1190. The lowest BCUT2D eigenvalue weighted by atomic mass is 10.0. The van der Waals surface area contributed by atoms with Crippen LogP contribution in [0.25, 0.3) is 10.1 Å². The Morgan fingerprint density at radius 1 is 1.03 bits per heavy atom. The maximum Gasteiger partial charge on any atom is 0.320 e. The summed E-state index contributed by atoms with van der Waals surface area (Å²) < 4.78 is 7.50. The summed E-state index contributed by atoms with van der Waals surface area (Å²) in [6.45, 7) is 1.22. The van der Waals surface area contributed by atoms with Crippen LogP contribution in [0.15, 0.2) is 84.9 Å². The predicted octanol–water partition coefficient (Wildman–Crippen LogP) is 6.12. The average molecular weight is 444 g/mol. The summed E-state index contributed by atoms with van der Waals surface area (Å²) in [5.74, 6) is 0.0474. The molecule has 1 aliphatic heterocycles. The molecule has 2 heterocycles. The summed E-state index contributed by atoms with van der Waals surface area (Å²) in [7, 11) is 0. The van der Waals surface area contributed by atoms with E-state index in [1.807, 2.05) is 60.7 Å². The normalized spacial score (nSPS) is 17.4. The highest BCUT2D eigenvalue weighted by Gasteiger charge is 2.38. The van der Waals surface area contributed by atoms with E-state index in [1.54, 1.807) is 11.3 Å². The third kappa shape index (κ3) is 4.14. The zero-order valence-corrected chi connectivity index (χ0v) is 18.5. The number of hydrogen-bond acceptors (Lipinski definition) is 4. The topological polar surface area (TPSA) is 49.8 Å². The van der Waals surface area contributed by atoms with Crippen LogP contribution in [0.3, 0.4) is 0 Å². The van der Waals surface area contributed by atoms with Gasteiger partial charge in [0.25, 0.3) is 0 Å². The molecule has 1 fully saturated rings. The molecule has 1 N–H and O–H groups in total. The van der Waals surface area contributed by atoms with E-state index < -0.39 is 12.0 Å². The molecule has 32 heavy (non-hydrogen) atoms. The molecule has 0 aliphatic carbocycles. The maximum atomic E-state index is 12.1. The van der Waals surface area contributed by atoms with Gasteiger partial charge in [-0.25, -0.2) is 0 Å². The number of rotatable bonds is 7. The van der Waals surface area contributed by atoms with Gasteiger partial charge < -0.3 is 9.84 Å². The molecule has 1 saturated heterocycles. The molecular formula is C27H25NO3S. The van der Waals surface area contributed by atoms with Gasteiger partial charge >= 0.3 is 5.97 Å². The number of thiophene rings is 1. The molecular weight excluding hydrogens is 418 g/mol. The van der Waals surface area contributed by atoms with E-state index in [2.05, 4.69) is 29.2 Å². The molecule has 162 valence electrons. The van der Waals surface area contributed by atoms with Crippen LogP contribution in [0, 0.1) is 0 Å². The summed E-state index contributed by atoms with van der Waals surface area (Å²) in [6.07, 6.45) is 1.55. The quantitative estimate of drug-likeness (QED) is 0.374. The molecule has 2 unspecified atom stereocenters. The van der Waals surface area contributed by atoms with Gasteiger partial charge in [0.2, 0.25) is 0 Å². The minimum Gasteiger partial charge on any atom is -0.489 e. The summed E-state index contributed by atoms with van der Waals surface area (Å²) in [5.41, 5.74) is 2.12. The predicted molar refractivity (Wildman–Crippen MR) is 128 cm³/mol. The highest BCUT2D eigenvalue weighted by molar-refractivity contribution is 7.19. The van der Waals surface area contributed by atoms with Crippen LogP contribution in [-0.4, -0.2) is 28.6 Å². The number of carbonyl (C=O) groups is 1. The lowest BCUT2D eigenvalue weighted by Gasteiger charge is -2.32. The van der Waals surface area contributed by atoms with Gasteiger partial charge in [0.05, 0.1) is 6.04 Å². The Kier molecular flexibility index (Phi) is 5.93. The molecule has 3 aromatic carbocycles. The molecule has 0 radical (unpaired) electrons. The lowest BCUT2D eigenvalue weighted by molar-refractivity contribution is -0.142. The molecule has 1 aromatic heterocycles. The second-order valence-corrected chi connectivity index (χ2v) is 9.25. The van der Waals surface area contributed by atoms with Crippen LogP contribution in [0.1, 0.15) is 34.9 Å². The lowest BCUT2D eigenvalue weighted by Crippen LogP contribution is -2.39. The number of benzene rings is 3. The van der Waals surface area contributed by atoms with Crippen LogP contribution in [0.2, 0.25) is 0 Å². The summed E-state index contributed by atoms with van der Waals surface area (Å²) in [6, 6.07) is 28.0. The molecule has 0 spiro atoms. The van der Waals surface area contributed by atoms with Crippen molar-refractivity contribution in [2.45, 2.75) is 31.5 Å². The molecule has 5 heteroatoms. The number of aliphatic carboxylic acids is 1. The van der Waals surface area contributed by atoms with Crippen molar-refractivity contribution in [3.8, 4) is 5.75 Å².